The van der Waals surface area contributed by atoms with E-state index in [9.17, 15) is 0 Å². The molecule has 0 spiro atoms. The minimum absolute atomic E-state index is 0. The van der Waals surface area contributed by atoms with E-state index in [-0.39, 0.29) is 14.9 Å². The van der Waals surface area contributed by atoms with Crippen molar-refractivity contribution in [2.24, 2.45) is 0 Å². The zero-order valence-corrected chi connectivity index (χ0v) is 7.10. The second-order valence-electron chi connectivity index (χ2n) is 1.50. The minimum atomic E-state index is 0. The van der Waals surface area contributed by atoms with E-state index in [0.717, 1.165) is 6.54 Å². The van der Waals surface area contributed by atoms with Gasteiger partial charge in [-0.25, -0.2) is 3.11 Å². The zero-order valence-electron chi connectivity index (χ0n) is 4.95. The lowest BCUT2D eigenvalue weighted by molar-refractivity contribution is 0.532. The van der Waals surface area contributed by atoms with E-state index in [2.05, 4.69) is 39.8 Å². The summed E-state index contributed by atoms with van der Waals surface area (Å²) in [4.78, 5) is 0. The van der Waals surface area contributed by atoms with Crippen molar-refractivity contribution in [2.75, 3.05) is 13.1 Å². The van der Waals surface area contributed by atoms with Gasteiger partial charge in [0, 0.05) is 36.0 Å². The van der Waals surface area contributed by atoms with Crippen molar-refractivity contribution in [3.63, 3.8) is 0 Å². The van der Waals surface area contributed by atoms with Gasteiger partial charge >= 0.3 is 0 Å². The molecule has 0 saturated heterocycles. The van der Waals surface area contributed by atoms with Crippen molar-refractivity contribution in [3.8, 4) is 0 Å². The first kappa shape index (κ1) is 16.3. The molecule has 0 aromatic carbocycles. The maximum absolute atomic E-state index is 2.34. The van der Waals surface area contributed by atoms with E-state index in [4.69, 9.17) is 0 Å². The molecule has 0 atom stereocenters. The fraction of sp³-hybridized carbons (Fsp3) is 1.00. The van der Waals surface area contributed by atoms with Gasteiger partial charge in [0.2, 0.25) is 0 Å². The second-order valence-corrected chi connectivity index (χ2v) is 2.87. The standard InChI is InChI=1S/C5H12IN.2CH4/c1-3-5-7(6)4-2;;/h3-5H2,1-2H3;2*1H4. The fourth-order valence-corrected chi connectivity index (χ4v) is 0.883. The summed E-state index contributed by atoms with van der Waals surface area (Å²) in [6.45, 7) is 6.74. The molecular weight excluding hydrogens is 225 g/mol. The Morgan fingerprint density at radius 1 is 1.22 bits per heavy atom. The molecule has 1 nitrogen and oxygen atoms in total. The van der Waals surface area contributed by atoms with E-state index in [0.29, 0.717) is 0 Å². The Labute approximate surface area is 74.3 Å². The van der Waals surface area contributed by atoms with Crippen LogP contribution < -0.4 is 0 Å². The lowest BCUT2D eigenvalue weighted by atomic mass is 10.5. The summed E-state index contributed by atoms with van der Waals surface area (Å²) in [5, 5.41) is 0. The molecule has 0 aliphatic carbocycles. The highest BCUT2D eigenvalue weighted by atomic mass is 127. The summed E-state index contributed by atoms with van der Waals surface area (Å²) in [6, 6.07) is 0. The van der Waals surface area contributed by atoms with Gasteiger partial charge in [0.05, 0.1) is 0 Å². The Morgan fingerprint density at radius 3 is 1.78 bits per heavy atom. The highest BCUT2D eigenvalue weighted by Crippen LogP contribution is 1.96. The van der Waals surface area contributed by atoms with Gasteiger partial charge in [0.15, 0.2) is 0 Å². The first-order valence-electron chi connectivity index (χ1n) is 2.72. The molecule has 0 aromatic heterocycles. The van der Waals surface area contributed by atoms with Crippen molar-refractivity contribution >= 4 is 22.9 Å². The third-order valence-corrected chi connectivity index (χ3v) is 1.97. The van der Waals surface area contributed by atoms with Gasteiger partial charge in [0.25, 0.3) is 0 Å². The van der Waals surface area contributed by atoms with Crippen LogP contribution in [0.5, 0.6) is 0 Å². The fourth-order valence-electron chi connectivity index (χ4n) is 0.401. The molecule has 0 saturated carbocycles. The molecule has 0 aliphatic rings. The molecule has 0 heterocycles. The van der Waals surface area contributed by atoms with Crippen LogP contribution in [0, 0.1) is 0 Å². The Bertz CT molecular complexity index is 39.9. The molecule has 0 radical (unpaired) electrons. The monoisotopic (exact) mass is 245 g/mol. The summed E-state index contributed by atoms with van der Waals surface area (Å²) < 4.78 is 2.28. The Balaban J connectivity index is -0.000000180. The molecule has 0 aliphatic heterocycles. The number of rotatable bonds is 3. The van der Waals surface area contributed by atoms with Crippen LogP contribution in [0.2, 0.25) is 0 Å². The third kappa shape index (κ3) is 12.0. The Kier molecular flexibility index (Phi) is 20.9. The van der Waals surface area contributed by atoms with Crippen molar-refractivity contribution < 1.29 is 0 Å². The van der Waals surface area contributed by atoms with Gasteiger partial charge in [-0.3, -0.25) is 0 Å². The van der Waals surface area contributed by atoms with Gasteiger partial charge in [-0.15, -0.1) is 0 Å². The van der Waals surface area contributed by atoms with E-state index >= 15 is 0 Å². The molecule has 0 aromatic rings. The average Bonchev–Trinajstić information content (AvgIpc) is 1.68. The molecule has 2 heteroatoms. The van der Waals surface area contributed by atoms with Crippen LogP contribution in [0.25, 0.3) is 0 Å². The maximum atomic E-state index is 2.34. The topological polar surface area (TPSA) is 3.24 Å². The smallest absolute Gasteiger partial charge is 0.0201 e. The molecule has 60 valence electrons. The lowest BCUT2D eigenvalue weighted by Crippen LogP contribution is -2.09. The number of nitrogens with zero attached hydrogens (tertiary/aromatic N) is 1. The van der Waals surface area contributed by atoms with Crippen molar-refractivity contribution in [1.29, 1.82) is 0 Å². The van der Waals surface area contributed by atoms with Crippen LogP contribution in [-0.2, 0) is 0 Å². The lowest BCUT2D eigenvalue weighted by Gasteiger charge is -2.07. The summed E-state index contributed by atoms with van der Waals surface area (Å²) in [5.74, 6) is 0. The number of halogens is 1. The maximum Gasteiger partial charge on any atom is 0.0201 e. The van der Waals surface area contributed by atoms with E-state index in [1.165, 1.54) is 13.0 Å². The predicted molar refractivity (Wildman–Crippen MR) is 55.0 cm³/mol. The Hall–Kier alpha value is 0.690. The molecule has 0 unspecified atom stereocenters. The predicted octanol–water partition coefficient (Wildman–Crippen LogP) is 3.34. The van der Waals surface area contributed by atoms with Crippen molar-refractivity contribution in [1.82, 2.24) is 3.11 Å². The van der Waals surface area contributed by atoms with Gasteiger partial charge in [-0.05, 0) is 6.42 Å². The van der Waals surface area contributed by atoms with Crippen LogP contribution >= 0.6 is 22.9 Å². The average molecular weight is 245 g/mol. The Morgan fingerprint density at radius 2 is 1.67 bits per heavy atom. The van der Waals surface area contributed by atoms with Gasteiger partial charge < -0.3 is 0 Å². The zero-order chi connectivity index (χ0) is 5.70. The van der Waals surface area contributed by atoms with Crippen molar-refractivity contribution in [3.05, 3.63) is 0 Å². The molecule has 0 bridgehead atoms. The minimum Gasteiger partial charge on any atom is -0.248 e. The largest absolute Gasteiger partial charge is 0.248 e. The first-order chi connectivity index (χ1) is 3.31. The van der Waals surface area contributed by atoms with Crippen LogP contribution in [0.3, 0.4) is 0 Å². The van der Waals surface area contributed by atoms with Crippen LogP contribution in [0.1, 0.15) is 35.1 Å². The summed E-state index contributed by atoms with van der Waals surface area (Å²) in [7, 11) is 0. The molecule has 0 amide bonds. The first-order valence-corrected chi connectivity index (χ1v) is 3.68. The van der Waals surface area contributed by atoms with E-state index in [1.807, 2.05) is 0 Å². The summed E-state index contributed by atoms with van der Waals surface area (Å²) >= 11 is 2.34. The van der Waals surface area contributed by atoms with Crippen molar-refractivity contribution in [2.45, 2.75) is 35.1 Å². The number of hydrogen-bond donors (Lipinski definition) is 0. The highest BCUT2D eigenvalue weighted by Gasteiger charge is 1.89. The SMILES string of the molecule is C.C.CCCN(I)CC. The van der Waals surface area contributed by atoms with Gasteiger partial charge in [-0.2, -0.15) is 0 Å². The molecule has 0 N–H and O–H groups in total. The van der Waals surface area contributed by atoms with E-state index < -0.39 is 0 Å². The summed E-state index contributed by atoms with van der Waals surface area (Å²) in [6.07, 6.45) is 1.26. The summed E-state index contributed by atoms with van der Waals surface area (Å²) in [5.41, 5.74) is 0. The second kappa shape index (κ2) is 11.5. The third-order valence-electron chi connectivity index (χ3n) is 0.809. The van der Waals surface area contributed by atoms with E-state index in [1.54, 1.807) is 0 Å². The number of hydrogen-bond acceptors (Lipinski definition) is 1. The quantitative estimate of drug-likeness (QED) is 0.544. The molecular formula is C7H20IN. The van der Waals surface area contributed by atoms with Crippen LogP contribution in [0.15, 0.2) is 0 Å². The van der Waals surface area contributed by atoms with Gasteiger partial charge in [-0.1, -0.05) is 28.7 Å². The van der Waals surface area contributed by atoms with Gasteiger partial charge in [0.1, 0.15) is 0 Å². The normalized spacial score (nSPS) is 8.00. The van der Waals surface area contributed by atoms with Crippen LogP contribution in [-0.4, -0.2) is 16.2 Å². The highest BCUT2D eigenvalue weighted by molar-refractivity contribution is 14.1. The van der Waals surface area contributed by atoms with Crippen LogP contribution in [0.4, 0.5) is 0 Å². The molecule has 0 rings (SSSR count). The molecule has 9 heavy (non-hydrogen) atoms. The molecule has 0 fully saturated rings.